The molecule has 2 aromatic rings. The Morgan fingerprint density at radius 2 is 2.12 bits per heavy atom. The van der Waals surface area contributed by atoms with Crippen LogP contribution in [-0.2, 0) is 17.4 Å². The first-order valence-corrected chi connectivity index (χ1v) is 7.34. The number of anilines is 1. The molecular weight excluding hydrogens is 362 g/mol. The van der Waals surface area contributed by atoms with Crippen LogP contribution < -0.4 is 15.4 Å². The molecule has 0 fully saturated rings. The van der Waals surface area contributed by atoms with Crippen LogP contribution in [0.3, 0.4) is 0 Å². The summed E-state index contributed by atoms with van der Waals surface area (Å²) in [6.07, 6.45) is -5.91. The average molecular weight is 375 g/mol. The number of fused-ring (bicyclic) bond motifs is 1. The first-order chi connectivity index (χ1) is 12.1. The highest BCUT2D eigenvalue weighted by Crippen LogP contribution is 2.46. The predicted octanol–water partition coefficient (Wildman–Crippen LogP) is 2.50. The van der Waals surface area contributed by atoms with Crippen LogP contribution in [0.5, 0.6) is 5.75 Å². The smallest absolute Gasteiger partial charge is 0.409 e. The largest absolute Gasteiger partial charge is 0.540 e. The number of aromatic nitrogens is 3. The molecule has 12 heteroatoms. The first kappa shape index (κ1) is 17.9. The minimum atomic E-state index is -4.44. The molecule has 1 aromatic carbocycles. The first-order valence-electron chi connectivity index (χ1n) is 7.34. The number of carbonyl (C=O) groups is 1. The molecule has 140 valence electrons. The van der Waals surface area contributed by atoms with E-state index in [1.54, 1.807) is 6.92 Å². The number of amides is 2. The van der Waals surface area contributed by atoms with Gasteiger partial charge < -0.3 is 15.4 Å². The van der Waals surface area contributed by atoms with Gasteiger partial charge in [-0.1, -0.05) is 0 Å². The summed E-state index contributed by atoms with van der Waals surface area (Å²) < 4.78 is 62.3. The molecule has 0 saturated heterocycles. The van der Waals surface area contributed by atoms with Crippen LogP contribution >= 0.6 is 0 Å². The van der Waals surface area contributed by atoms with Crippen LogP contribution in [0, 0.1) is 0 Å². The van der Waals surface area contributed by atoms with E-state index in [2.05, 4.69) is 30.2 Å². The summed E-state index contributed by atoms with van der Waals surface area (Å²) >= 11 is 0. The number of rotatable bonds is 4. The molecule has 0 bridgehead atoms. The molecule has 0 unspecified atom stereocenters. The van der Waals surface area contributed by atoms with Crippen molar-refractivity contribution in [1.82, 2.24) is 20.1 Å². The molecule has 0 aliphatic carbocycles. The third kappa shape index (κ3) is 4.02. The third-order valence-corrected chi connectivity index (χ3v) is 3.33. The number of ether oxygens (including phenoxy) is 2. The molecule has 1 aromatic heterocycles. The lowest BCUT2D eigenvalue weighted by Gasteiger charge is -2.30. The van der Waals surface area contributed by atoms with Gasteiger partial charge in [-0.05, 0) is 25.1 Å². The van der Waals surface area contributed by atoms with Crippen LogP contribution in [0.2, 0.25) is 0 Å². The van der Waals surface area contributed by atoms with Crippen molar-refractivity contribution in [3.05, 3.63) is 36.4 Å². The molecule has 1 aliphatic rings. The quantitative estimate of drug-likeness (QED) is 0.802. The van der Waals surface area contributed by atoms with Crippen molar-refractivity contribution in [2.75, 3.05) is 5.32 Å². The predicted molar refractivity (Wildman–Crippen MR) is 78.6 cm³/mol. The summed E-state index contributed by atoms with van der Waals surface area (Å²) in [5.41, 5.74) is -0.969. The number of benzene rings is 1. The Labute approximate surface area is 144 Å². The van der Waals surface area contributed by atoms with Gasteiger partial charge in [0.1, 0.15) is 18.4 Å². The lowest BCUT2D eigenvalue weighted by Crippen LogP contribution is -2.41. The van der Waals surface area contributed by atoms with E-state index >= 15 is 0 Å². The number of nitrogens with one attached hydrogen (secondary N) is 2. The topological polar surface area (TPSA) is 90.3 Å². The highest BCUT2D eigenvalue weighted by atomic mass is 19.3. The normalized spacial score (nSPS) is 18.3. The number of halogens is 4. The zero-order valence-corrected chi connectivity index (χ0v) is 13.2. The zero-order chi connectivity index (χ0) is 18.9. The van der Waals surface area contributed by atoms with Gasteiger partial charge in [0.15, 0.2) is 0 Å². The van der Waals surface area contributed by atoms with E-state index in [1.165, 1.54) is 17.3 Å². The van der Waals surface area contributed by atoms with Crippen molar-refractivity contribution < 1.29 is 31.8 Å². The van der Waals surface area contributed by atoms with Gasteiger partial charge in [0.2, 0.25) is 0 Å². The van der Waals surface area contributed by atoms with E-state index in [1.807, 2.05) is 0 Å². The molecule has 8 nitrogen and oxygen atoms in total. The van der Waals surface area contributed by atoms with Gasteiger partial charge in [0.05, 0.1) is 12.1 Å². The van der Waals surface area contributed by atoms with Crippen molar-refractivity contribution in [2.45, 2.75) is 31.9 Å². The van der Waals surface area contributed by atoms with Gasteiger partial charge in [-0.2, -0.15) is 13.9 Å². The molecule has 2 amide bonds. The van der Waals surface area contributed by atoms with Gasteiger partial charge >= 0.3 is 18.4 Å². The summed E-state index contributed by atoms with van der Waals surface area (Å²) in [6, 6.07) is 1.82. The van der Waals surface area contributed by atoms with E-state index in [9.17, 15) is 22.4 Å². The van der Waals surface area contributed by atoms with E-state index < -0.39 is 29.7 Å². The molecule has 2 heterocycles. The maximum Gasteiger partial charge on any atom is 0.540 e. The van der Waals surface area contributed by atoms with Crippen LogP contribution in [0.25, 0.3) is 0 Å². The summed E-state index contributed by atoms with van der Waals surface area (Å²) in [5.74, 6) is -0.739. The number of alkyl halides is 4. The zero-order valence-electron chi connectivity index (χ0n) is 13.2. The number of hydrogen-bond acceptors (Lipinski definition) is 5. The molecule has 2 N–H and O–H groups in total. The second-order valence-electron chi connectivity index (χ2n) is 5.51. The maximum atomic E-state index is 13.7. The summed E-state index contributed by atoms with van der Waals surface area (Å²) in [7, 11) is 0. The van der Waals surface area contributed by atoms with E-state index in [4.69, 9.17) is 0 Å². The summed E-state index contributed by atoms with van der Waals surface area (Å²) in [6.45, 7) is 2.04. The number of carbonyl (C=O) groups excluding carboxylic acids is 1. The number of urea groups is 1. The van der Waals surface area contributed by atoms with E-state index in [0.717, 1.165) is 18.2 Å². The number of hydrogen-bond donors (Lipinski definition) is 2. The molecule has 1 aliphatic heterocycles. The van der Waals surface area contributed by atoms with Crippen molar-refractivity contribution >= 4 is 11.7 Å². The highest BCUT2D eigenvalue weighted by Gasteiger charge is 2.54. The minimum Gasteiger partial charge on any atom is -0.409 e. The SMILES string of the molecule is C[C@@H](Cn1cncn1)NC(=O)Nc1ccc2c(c1)C(F)(F)OC(F)(F)O2. The van der Waals surface area contributed by atoms with E-state index in [-0.39, 0.29) is 11.7 Å². The molecule has 26 heavy (non-hydrogen) atoms. The maximum absolute atomic E-state index is 13.7. The molecular formula is C14H13F4N5O3. The molecule has 0 saturated carbocycles. The Morgan fingerprint density at radius 3 is 2.81 bits per heavy atom. The van der Waals surface area contributed by atoms with Crippen LogP contribution in [-0.4, -0.2) is 33.1 Å². The van der Waals surface area contributed by atoms with Crippen LogP contribution in [0.15, 0.2) is 30.9 Å². The van der Waals surface area contributed by atoms with Crippen molar-refractivity contribution in [3.63, 3.8) is 0 Å². The summed E-state index contributed by atoms with van der Waals surface area (Å²) in [4.78, 5) is 15.7. The fraction of sp³-hybridized carbons (Fsp3) is 0.357. The van der Waals surface area contributed by atoms with Crippen molar-refractivity contribution in [2.24, 2.45) is 0 Å². The summed E-state index contributed by atoms with van der Waals surface area (Å²) in [5, 5.41) is 8.79. The Kier molecular flexibility index (Phi) is 4.44. The molecule has 3 rings (SSSR count). The van der Waals surface area contributed by atoms with Gasteiger partial charge in [0.25, 0.3) is 0 Å². The second-order valence-corrected chi connectivity index (χ2v) is 5.51. The van der Waals surface area contributed by atoms with Gasteiger partial charge in [0, 0.05) is 11.7 Å². The fourth-order valence-corrected chi connectivity index (χ4v) is 2.32. The minimum absolute atomic E-state index is 0.0497. The monoisotopic (exact) mass is 375 g/mol. The lowest BCUT2D eigenvalue weighted by molar-refractivity contribution is -0.461. The lowest BCUT2D eigenvalue weighted by atomic mass is 10.1. The average Bonchev–Trinajstić information content (AvgIpc) is 2.98. The Bertz CT molecular complexity index is 800. The highest BCUT2D eigenvalue weighted by molar-refractivity contribution is 5.89. The molecule has 1 atom stereocenters. The van der Waals surface area contributed by atoms with Crippen molar-refractivity contribution in [3.8, 4) is 5.75 Å². The molecule has 0 radical (unpaired) electrons. The fourth-order valence-electron chi connectivity index (χ4n) is 2.32. The molecule has 0 spiro atoms. The van der Waals surface area contributed by atoms with Crippen LogP contribution in [0.1, 0.15) is 12.5 Å². The second kappa shape index (κ2) is 6.44. The standard InChI is InChI=1S/C14H13F4N5O3/c1-8(5-23-7-19-6-20-23)21-12(24)22-9-2-3-11-10(4-9)13(15,16)26-14(17,18)25-11/h2-4,6-8H,5H2,1H3,(H2,21,22,24)/t8-/m0/s1. The van der Waals surface area contributed by atoms with Gasteiger partial charge in [-0.15, -0.1) is 8.78 Å². The van der Waals surface area contributed by atoms with Crippen LogP contribution in [0.4, 0.5) is 28.0 Å². The van der Waals surface area contributed by atoms with Gasteiger partial charge in [-0.25, -0.2) is 14.5 Å². The Balaban J connectivity index is 1.66. The Hall–Kier alpha value is -2.89. The van der Waals surface area contributed by atoms with E-state index in [0.29, 0.717) is 6.54 Å². The third-order valence-electron chi connectivity index (χ3n) is 3.33. The van der Waals surface area contributed by atoms with Crippen molar-refractivity contribution in [1.29, 1.82) is 0 Å². The number of nitrogens with zero attached hydrogens (tertiary/aromatic N) is 3. The van der Waals surface area contributed by atoms with Gasteiger partial charge in [-0.3, -0.25) is 4.68 Å². The Morgan fingerprint density at radius 1 is 1.35 bits per heavy atom.